The van der Waals surface area contributed by atoms with Crippen LogP contribution in [0.1, 0.15) is 30.9 Å². The Morgan fingerprint density at radius 3 is 2.77 bits per heavy atom. The van der Waals surface area contributed by atoms with Crippen molar-refractivity contribution in [3.05, 3.63) is 29.3 Å². The number of halogens is 1. The van der Waals surface area contributed by atoms with Crippen LogP contribution >= 0.6 is 24.0 Å². The van der Waals surface area contributed by atoms with Crippen molar-refractivity contribution in [1.82, 2.24) is 15.5 Å². The number of guanidine groups is 1. The van der Waals surface area contributed by atoms with Gasteiger partial charge in [-0.1, -0.05) is 19.1 Å². The summed E-state index contributed by atoms with van der Waals surface area (Å²) in [4.78, 5) is 6.85. The van der Waals surface area contributed by atoms with E-state index in [0.29, 0.717) is 19.1 Å². The topological polar surface area (TPSA) is 67.4 Å². The number of nitrogens with one attached hydrogen (secondary N) is 2. The molecule has 0 aliphatic carbocycles. The van der Waals surface area contributed by atoms with E-state index in [-0.39, 0.29) is 30.1 Å². The Labute approximate surface area is 204 Å². The molecule has 8 heteroatoms. The number of benzene rings is 1. The summed E-state index contributed by atoms with van der Waals surface area (Å²) in [7, 11) is 1.81. The second-order valence-electron chi connectivity index (χ2n) is 8.38. The van der Waals surface area contributed by atoms with Gasteiger partial charge in [0, 0.05) is 51.9 Å². The van der Waals surface area contributed by atoms with E-state index in [4.69, 9.17) is 14.2 Å². The van der Waals surface area contributed by atoms with Crippen LogP contribution in [0.15, 0.2) is 23.2 Å². The second kappa shape index (κ2) is 14.1. The first-order valence-corrected chi connectivity index (χ1v) is 11.2. The second-order valence-corrected chi connectivity index (χ2v) is 8.38. The highest BCUT2D eigenvalue weighted by Gasteiger charge is 2.17. The third kappa shape index (κ3) is 9.11. The molecule has 0 amide bonds. The third-order valence-electron chi connectivity index (χ3n) is 5.63. The highest BCUT2D eigenvalue weighted by atomic mass is 127. The Morgan fingerprint density at radius 2 is 2.06 bits per heavy atom. The number of ether oxygens (including phenoxy) is 3. The van der Waals surface area contributed by atoms with Crippen molar-refractivity contribution in [2.24, 2.45) is 10.9 Å². The maximum atomic E-state index is 6.11. The van der Waals surface area contributed by atoms with Gasteiger partial charge in [0.25, 0.3) is 0 Å². The van der Waals surface area contributed by atoms with Gasteiger partial charge in [0.1, 0.15) is 12.4 Å². The number of aryl methyl sites for hydroxylation is 1. The molecule has 2 saturated heterocycles. The molecule has 1 aromatic carbocycles. The molecule has 1 aromatic rings. The number of aliphatic imine (C=N–C) groups is 1. The van der Waals surface area contributed by atoms with E-state index in [0.717, 1.165) is 76.1 Å². The Hall–Kier alpha value is -1.10. The van der Waals surface area contributed by atoms with E-state index in [2.05, 4.69) is 52.6 Å². The van der Waals surface area contributed by atoms with Gasteiger partial charge in [-0.05, 0) is 37.3 Å². The van der Waals surface area contributed by atoms with Crippen LogP contribution in [0.2, 0.25) is 0 Å². The van der Waals surface area contributed by atoms with Gasteiger partial charge in [0.05, 0.1) is 19.3 Å². The zero-order chi connectivity index (χ0) is 21.2. The monoisotopic (exact) mass is 546 g/mol. The molecule has 0 bridgehead atoms. The predicted molar refractivity (Wildman–Crippen MR) is 136 cm³/mol. The van der Waals surface area contributed by atoms with E-state index in [1.54, 1.807) is 0 Å². The average molecular weight is 546 g/mol. The Kier molecular flexibility index (Phi) is 11.9. The lowest BCUT2D eigenvalue weighted by atomic mass is 10.1. The minimum atomic E-state index is 0. The van der Waals surface area contributed by atoms with Gasteiger partial charge in [-0.2, -0.15) is 0 Å². The SMILES string of the molecule is CN=C(NCc1ccc(C)cc1OCC1CCCO1)NCC(C)CN1CCOCC1.I. The molecular formula is C23H39IN4O3. The van der Waals surface area contributed by atoms with Crippen molar-refractivity contribution < 1.29 is 14.2 Å². The molecule has 2 aliphatic rings. The van der Waals surface area contributed by atoms with E-state index >= 15 is 0 Å². The molecule has 7 nitrogen and oxygen atoms in total. The number of rotatable bonds is 9. The van der Waals surface area contributed by atoms with E-state index < -0.39 is 0 Å². The summed E-state index contributed by atoms with van der Waals surface area (Å²) in [6.45, 7) is 12.2. The molecule has 31 heavy (non-hydrogen) atoms. The fourth-order valence-corrected chi connectivity index (χ4v) is 3.86. The summed E-state index contributed by atoms with van der Waals surface area (Å²) in [5, 5.41) is 6.88. The summed E-state index contributed by atoms with van der Waals surface area (Å²) in [6, 6.07) is 6.35. The van der Waals surface area contributed by atoms with Crippen molar-refractivity contribution in [2.45, 2.75) is 39.3 Å². The van der Waals surface area contributed by atoms with Gasteiger partial charge >= 0.3 is 0 Å². The lowest BCUT2D eigenvalue weighted by Gasteiger charge is -2.29. The summed E-state index contributed by atoms with van der Waals surface area (Å²) in [6.07, 6.45) is 2.43. The van der Waals surface area contributed by atoms with Crippen molar-refractivity contribution >= 4 is 29.9 Å². The molecule has 2 N–H and O–H groups in total. The Morgan fingerprint density at radius 1 is 1.26 bits per heavy atom. The quantitative estimate of drug-likeness (QED) is 0.282. The molecule has 0 radical (unpaired) electrons. The van der Waals surface area contributed by atoms with E-state index in [9.17, 15) is 0 Å². The lowest BCUT2D eigenvalue weighted by molar-refractivity contribution is 0.0320. The summed E-state index contributed by atoms with van der Waals surface area (Å²) in [5.41, 5.74) is 2.32. The largest absolute Gasteiger partial charge is 0.491 e. The number of morpholine rings is 1. The Bertz CT molecular complexity index is 677. The van der Waals surface area contributed by atoms with Crippen LogP contribution in [0.4, 0.5) is 0 Å². The minimum Gasteiger partial charge on any atom is -0.491 e. The van der Waals surface area contributed by atoms with Crippen LogP contribution in [0, 0.1) is 12.8 Å². The first-order valence-electron chi connectivity index (χ1n) is 11.2. The molecule has 0 aromatic heterocycles. The summed E-state index contributed by atoms with van der Waals surface area (Å²) < 4.78 is 17.2. The minimum absolute atomic E-state index is 0. The van der Waals surface area contributed by atoms with Crippen molar-refractivity contribution in [1.29, 1.82) is 0 Å². The number of nitrogens with zero attached hydrogens (tertiary/aromatic N) is 2. The van der Waals surface area contributed by atoms with Crippen molar-refractivity contribution in [3.8, 4) is 5.75 Å². The first kappa shape index (κ1) is 26.2. The third-order valence-corrected chi connectivity index (χ3v) is 5.63. The lowest BCUT2D eigenvalue weighted by Crippen LogP contribution is -2.43. The van der Waals surface area contributed by atoms with Crippen LogP contribution < -0.4 is 15.4 Å². The smallest absolute Gasteiger partial charge is 0.191 e. The zero-order valence-corrected chi connectivity index (χ0v) is 21.5. The van der Waals surface area contributed by atoms with Gasteiger partial charge in [-0.15, -0.1) is 24.0 Å². The van der Waals surface area contributed by atoms with Crippen molar-refractivity contribution in [3.63, 3.8) is 0 Å². The molecule has 0 spiro atoms. The molecule has 0 saturated carbocycles. The fraction of sp³-hybridized carbons (Fsp3) is 0.696. The molecule has 2 unspecified atom stereocenters. The van der Waals surface area contributed by atoms with Gasteiger partial charge in [0.15, 0.2) is 5.96 Å². The Balaban J connectivity index is 0.00000341. The van der Waals surface area contributed by atoms with Gasteiger partial charge in [0.2, 0.25) is 0 Å². The fourth-order valence-electron chi connectivity index (χ4n) is 3.86. The van der Waals surface area contributed by atoms with Gasteiger partial charge < -0.3 is 24.8 Å². The number of hydrogen-bond acceptors (Lipinski definition) is 5. The average Bonchev–Trinajstić information content (AvgIpc) is 3.28. The normalized spacial score (nSPS) is 20.7. The molecule has 2 fully saturated rings. The van der Waals surface area contributed by atoms with E-state index in [1.165, 1.54) is 5.56 Å². The maximum Gasteiger partial charge on any atom is 0.191 e. The maximum absolute atomic E-state index is 6.11. The zero-order valence-electron chi connectivity index (χ0n) is 19.2. The summed E-state index contributed by atoms with van der Waals surface area (Å²) >= 11 is 0. The summed E-state index contributed by atoms with van der Waals surface area (Å²) in [5.74, 6) is 2.27. The first-order chi connectivity index (χ1) is 14.6. The van der Waals surface area contributed by atoms with Crippen molar-refractivity contribution in [2.75, 3.05) is 59.7 Å². The van der Waals surface area contributed by atoms with Crippen LogP contribution in [0.25, 0.3) is 0 Å². The molecule has 2 atom stereocenters. The van der Waals surface area contributed by atoms with Crippen LogP contribution in [-0.4, -0.2) is 76.6 Å². The van der Waals surface area contributed by atoms with Gasteiger partial charge in [-0.25, -0.2) is 0 Å². The highest BCUT2D eigenvalue weighted by molar-refractivity contribution is 14.0. The predicted octanol–water partition coefficient (Wildman–Crippen LogP) is 2.80. The molecule has 2 heterocycles. The number of hydrogen-bond donors (Lipinski definition) is 2. The highest BCUT2D eigenvalue weighted by Crippen LogP contribution is 2.22. The molecule has 3 rings (SSSR count). The molecule has 176 valence electrons. The van der Waals surface area contributed by atoms with Crippen LogP contribution in [-0.2, 0) is 16.0 Å². The van der Waals surface area contributed by atoms with Crippen LogP contribution in [0.3, 0.4) is 0 Å². The molecular weight excluding hydrogens is 507 g/mol. The standard InChI is InChI=1S/C23H38N4O3.HI/c1-18-6-7-20(22(13-18)30-17-21-5-4-10-29-21)15-26-23(24-3)25-14-19(2)16-27-8-11-28-12-9-27;/h6-7,13,19,21H,4-5,8-12,14-17H2,1-3H3,(H2,24,25,26);1H. The van der Waals surface area contributed by atoms with E-state index in [1.807, 2.05) is 7.05 Å². The van der Waals surface area contributed by atoms with Crippen LogP contribution in [0.5, 0.6) is 5.75 Å². The molecule has 2 aliphatic heterocycles. The van der Waals surface area contributed by atoms with Gasteiger partial charge in [-0.3, -0.25) is 9.89 Å².